The molecule has 1 saturated carbocycles. The van der Waals surface area contributed by atoms with Gasteiger partial charge in [0.15, 0.2) is 0 Å². The van der Waals surface area contributed by atoms with Crippen LogP contribution in [0.5, 0.6) is 11.5 Å². The maximum absolute atomic E-state index is 15.0. The maximum atomic E-state index is 15.0. The minimum Gasteiger partial charge on any atom is -0.489 e. The van der Waals surface area contributed by atoms with Crippen molar-refractivity contribution in [2.45, 2.75) is 43.1 Å². The number of aromatic nitrogens is 2. The van der Waals surface area contributed by atoms with Gasteiger partial charge in [0.2, 0.25) is 11.5 Å². The van der Waals surface area contributed by atoms with Crippen molar-refractivity contribution < 1.29 is 46.5 Å². The first-order valence-electron chi connectivity index (χ1n) is 16.0. The quantitative estimate of drug-likeness (QED) is 0.116. The van der Waals surface area contributed by atoms with Crippen molar-refractivity contribution in [3.8, 4) is 22.8 Å². The Balaban J connectivity index is 1.36. The summed E-state index contributed by atoms with van der Waals surface area (Å²) in [7, 11) is 1.42. The largest absolute Gasteiger partial charge is 0.489 e. The number of amides is 4. The Kier molecular flexibility index (Phi) is 9.46. The van der Waals surface area contributed by atoms with Gasteiger partial charge in [-0.2, -0.15) is 13.2 Å². The highest BCUT2D eigenvalue weighted by atomic mass is 19.4. The fraction of sp³-hybridized carbons (Fsp3) is 0.343. The summed E-state index contributed by atoms with van der Waals surface area (Å²) in [6.07, 6.45) is -2.26. The van der Waals surface area contributed by atoms with Gasteiger partial charge in [-0.05, 0) is 68.3 Å². The van der Waals surface area contributed by atoms with Crippen LogP contribution >= 0.6 is 0 Å². The van der Waals surface area contributed by atoms with Gasteiger partial charge < -0.3 is 35.8 Å². The molecular weight excluding hydrogens is 676 g/mol. The Bertz CT molecular complexity index is 1990. The topological polar surface area (TPSA) is 164 Å². The molecule has 3 heterocycles. The van der Waals surface area contributed by atoms with Crippen molar-refractivity contribution in [2.24, 2.45) is 0 Å². The van der Waals surface area contributed by atoms with Gasteiger partial charge in [0.05, 0.1) is 18.3 Å². The van der Waals surface area contributed by atoms with Crippen molar-refractivity contribution in [3.63, 3.8) is 0 Å². The van der Waals surface area contributed by atoms with Gasteiger partial charge in [-0.25, -0.2) is 14.2 Å². The number of carbonyl (C=O) groups excluding carboxylic acids is 3. The van der Waals surface area contributed by atoms with E-state index in [1.165, 1.54) is 38.2 Å². The van der Waals surface area contributed by atoms with Gasteiger partial charge in [-0.3, -0.25) is 14.6 Å². The third-order valence-corrected chi connectivity index (χ3v) is 8.76. The Labute approximate surface area is 288 Å². The van der Waals surface area contributed by atoms with Crippen LogP contribution in [0.3, 0.4) is 0 Å². The molecule has 0 spiro atoms. The van der Waals surface area contributed by atoms with E-state index in [4.69, 9.17) is 9.47 Å². The second-order valence-corrected chi connectivity index (χ2v) is 12.5. The van der Waals surface area contributed by atoms with Crippen molar-refractivity contribution in [1.29, 1.82) is 0 Å². The van der Waals surface area contributed by atoms with E-state index in [9.17, 15) is 37.1 Å². The average Bonchev–Trinajstić information content (AvgIpc) is 3.87. The number of benzene rings is 2. The van der Waals surface area contributed by atoms with E-state index >= 15 is 0 Å². The van der Waals surface area contributed by atoms with Crippen molar-refractivity contribution >= 4 is 28.7 Å². The number of nitrogens with zero attached hydrogens (tertiary/aromatic N) is 2. The number of aliphatic hydroxyl groups is 1. The summed E-state index contributed by atoms with van der Waals surface area (Å²) in [6, 6.07) is 11.3. The van der Waals surface area contributed by atoms with Crippen LogP contribution in [-0.2, 0) is 15.8 Å². The molecule has 2 aromatic heterocycles. The van der Waals surface area contributed by atoms with E-state index in [0.29, 0.717) is 16.7 Å². The summed E-state index contributed by atoms with van der Waals surface area (Å²) in [5, 5.41) is 21.7. The molecule has 0 bridgehead atoms. The second-order valence-electron chi connectivity index (χ2n) is 12.5. The normalized spacial score (nSPS) is 17.9. The van der Waals surface area contributed by atoms with Crippen LogP contribution in [0.1, 0.15) is 41.4 Å². The predicted molar refractivity (Wildman–Crippen MR) is 176 cm³/mol. The molecule has 1 fully saturated rings. The lowest BCUT2D eigenvalue weighted by Crippen LogP contribution is -2.52. The summed E-state index contributed by atoms with van der Waals surface area (Å²) in [5.41, 5.74) is -5.87. The van der Waals surface area contributed by atoms with E-state index in [2.05, 4.69) is 31.2 Å². The van der Waals surface area contributed by atoms with Gasteiger partial charge in [-0.1, -0.05) is 6.07 Å². The average molecular weight is 711 g/mol. The van der Waals surface area contributed by atoms with Gasteiger partial charge in [0.25, 0.3) is 5.91 Å². The highest BCUT2D eigenvalue weighted by Crippen LogP contribution is 2.48. The van der Waals surface area contributed by atoms with E-state index < -0.39 is 53.1 Å². The highest BCUT2D eigenvalue weighted by molar-refractivity contribution is 6.00. The number of halogens is 4. The molecule has 1 unspecified atom stereocenters. The SMILES string of the molecule is CNC(=O)NCCNC(=O)[C@@]1(C)COc2c1cc(C(O)(CNC(=O)c1cc(OC3CC3)c3ncccc3c1)C(F)(F)F)nc2-c1ccc(F)cc1. The Morgan fingerprint density at radius 3 is 2.45 bits per heavy atom. The lowest BCUT2D eigenvalue weighted by Gasteiger charge is -2.31. The molecule has 51 heavy (non-hydrogen) atoms. The standard InChI is InChI=1S/C35H34F4N6O6/c1-33(31(47)42-12-13-43-32(48)40-2)18-50-29-24(33)16-26(45-28(29)19-5-7-22(36)8-6-19)34(49,35(37,38)39)17-44-30(46)21-14-20-4-3-11-41-27(20)25(15-21)51-23-9-10-23/h3-8,11,14-16,23,49H,9-10,12-13,17-18H2,1-2H3,(H,42,47)(H,44,46)(H2,40,43,48)/t33-,34?/m0/s1. The van der Waals surface area contributed by atoms with Crippen molar-refractivity contribution in [2.75, 3.05) is 33.3 Å². The first-order valence-corrected chi connectivity index (χ1v) is 16.0. The molecule has 5 N–H and O–H groups in total. The molecular formula is C35H34F4N6O6. The molecule has 1 aliphatic carbocycles. The van der Waals surface area contributed by atoms with Crippen LogP contribution in [0, 0.1) is 5.82 Å². The van der Waals surface area contributed by atoms with Crippen LogP contribution < -0.4 is 30.7 Å². The number of hydrogen-bond donors (Lipinski definition) is 5. The fourth-order valence-corrected chi connectivity index (χ4v) is 5.61. The summed E-state index contributed by atoms with van der Waals surface area (Å²) in [5.74, 6) is -1.92. The summed E-state index contributed by atoms with van der Waals surface area (Å²) < 4.78 is 70.6. The van der Waals surface area contributed by atoms with Gasteiger partial charge in [-0.15, -0.1) is 0 Å². The molecule has 1 aliphatic heterocycles. The van der Waals surface area contributed by atoms with E-state index in [1.54, 1.807) is 18.3 Å². The Hall–Kier alpha value is -5.51. The number of hydrogen-bond acceptors (Lipinski definition) is 8. The van der Waals surface area contributed by atoms with Crippen LogP contribution in [0.15, 0.2) is 60.8 Å². The van der Waals surface area contributed by atoms with E-state index in [-0.39, 0.29) is 53.9 Å². The monoisotopic (exact) mass is 710 g/mol. The molecule has 2 aromatic carbocycles. The highest BCUT2D eigenvalue weighted by Gasteiger charge is 2.58. The Morgan fingerprint density at radius 1 is 1.04 bits per heavy atom. The van der Waals surface area contributed by atoms with Gasteiger partial charge in [0.1, 0.15) is 40.5 Å². The number of urea groups is 1. The molecule has 268 valence electrons. The molecule has 4 aromatic rings. The second kappa shape index (κ2) is 13.7. The third-order valence-electron chi connectivity index (χ3n) is 8.76. The molecule has 0 saturated heterocycles. The zero-order chi connectivity index (χ0) is 36.6. The van der Waals surface area contributed by atoms with Crippen LogP contribution in [0.25, 0.3) is 22.2 Å². The summed E-state index contributed by atoms with van der Waals surface area (Å²) in [6.45, 7) is -0.185. The molecule has 6 rings (SSSR count). The zero-order valence-corrected chi connectivity index (χ0v) is 27.5. The summed E-state index contributed by atoms with van der Waals surface area (Å²) in [4.78, 5) is 46.9. The van der Waals surface area contributed by atoms with Crippen molar-refractivity contribution in [1.82, 2.24) is 31.2 Å². The zero-order valence-electron chi connectivity index (χ0n) is 27.5. The van der Waals surface area contributed by atoms with Crippen LogP contribution in [0.2, 0.25) is 0 Å². The number of fused-ring (bicyclic) bond motifs is 2. The molecule has 4 amide bonds. The summed E-state index contributed by atoms with van der Waals surface area (Å²) >= 11 is 0. The first-order chi connectivity index (χ1) is 24.2. The molecule has 2 aliphatic rings. The lowest BCUT2D eigenvalue weighted by atomic mass is 9.81. The lowest BCUT2D eigenvalue weighted by molar-refractivity contribution is -0.265. The minimum absolute atomic E-state index is 0.0172. The molecule has 12 nitrogen and oxygen atoms in total. The number of ether oxygens (including phenoxy) is 2. The van der Waals surface area contributed by atoms with Gasteiger partial charge >= 0.3 is 12.2 Å². The first kappa shape index (κ1) is 35.3. The minimum atomic E-state index is -5.39. The molecule has 0 radical (unpaired) electrons. The fourth-order valence-electron chi connectivity index (χ4n) is 5.61. The number of rotatable bonds is 11. The van der Waals surface area contributed by atoms with E-state index in [0.717, 1.165) is 31.0 Å². The number of pyridine rings is 2. The molecule has 2 atom stereocenters. The van der Waals surface area contributed by atoms with E-state index in [1.807, 2.05) is 0 Å². The van der Waals surface area contributed by atoms with Crippen molar-refractivity contribution in [3.05, 3.63) is 83.4 Å². The maximum Gasteiger partial charge on any atom is 0.424 e. The number of carbonyl (C=O) groups is 3. The molecule has 16 heteroatoms. The van der Waals surface area contributed by atoms with Gasteiger partial charge in [0, 0.05) is 48.4 Å². The number of nitrogens with one attached hydrogen (secondary N) is 4. The predicted octanol–water partition coefficient (Wildman–Crippen LogP) is 3.85. The van der Waals surface area contributed by atoms with Crippen LogP contribution in [-0.4, -0.2) is 78.5 Å². The Morgan fingerprint density at radius 2 is 1.76 bits per heavy atom. The van der Waals surface area contributed by atoms with Crippen LogP contribution in [0.4, 0.5) is 22.4 Å². The third kappa shape index (κ3) is 7.08. The smallest absolute Gasteiger partial charge is 0.424 e. The number of alkyl halides is 3.